The number of hydrogen-bond donors (Lipinski definition) is 1. The Morgan fingerprint density at radius 2 is 2.23 bits per heavy atom. The molecule has 0 bridgehead atoms. The SMILES string of the molecule is CSCCC(C(=O)O)N1CC(Oc2ccccc2Cl)=CC1=O. The Balaban J connectivity index is 2.06. The average molecular weight is 342 g/mol. The van der Waals surface area contributed by atoms with Gasteiger partial charge in [-0.1, -0.05) is 23.7 Å². The molecule has 1 unspecified atom stereocenters. The second-order valence-corrected chi connectivity index (χ2v) is 6.14. The van der Waals surface area contributed by atoms with E-state index in [0.29, 0.717) is 28.7 Å². The largest absolute Gasteiger partial charge is 0.480 e. The average Bonchev–Trinajstić information content (AvgIpc) is 2.82. The number of carbonyl (C=O) groups is 2. The van der Waals surface area contributed by atoms with E-state index in [0.717, 1.165) is 0 Å². The van der Waals surface area contributed by atoms with Crippen molar-refractivity contribution in [2.24, 2.45) is 0 Å². The van der Waals surface area contributed by atoms with Gasteiger partial charge in [0, 0.05) is 6.08 Å². The first-order valence-electron chi connectivity index (χ1n) is 6.68. The molecule has 0 aromatic heterocycles. The van der Waals surface area contributed by atoms with Gasteiger partial charge in [-0.25, -0.2) is 4.79 Å². The van der Waals surface area contributed by atoms with Gasteiger partial charge in [0.2, 0.25) is 0 Å². The summed E-state index contributed by atoms with van der Waals surface area (Å²) in [6.07, 6.45) is 3.61. The van der Waals surface area contributed by atoms with Crippen molar-refractivity contribution in [2.45, 2.75) is 12.5 Å². The highest BCUT2D eigenvalue weighted by atomic mass is 35.5. The minimum absolute atomic E-state index is 0.134. The van der Waals surface area contributed by atoms with Crippen molar-refractivity contribution < 1.29 is 19.4 Å². The topological polar surface area (TPSA) is 66.8 Å². The molecule has 1 amide bonds. The minimum atomic E-state index is -1.00. The zero-order valence-corrected chi connectivity index (χ0v) is 13.6. The van der Waals surface area contributed by atoms with Crippen LogP contribution in [0.15, 0.2) is 36.1 Å². The van der Waals surface area contributed by atoms with Crippen LogP contribution in [0.1, 0.15) is 6.42 Å². The molecular weight excluding hydrogens is 326 g/mol. The van der Waals surface area contributed by atoms with E-state index < -0.39 is 12.0 Å². The third kappa shape index (κ3) is 3.96. The van der Waals surface area contributed by atoms with Gasteiger partial charge in [0.05, 0.1) is 11.6 Å². The zero-order chi connectivity index (χ0) is 16.1. The van der Waals surface area contributed by atoms with E-state index in [9.17, 15) is 14.7 Å². The van der Waals surface area contributed by atoms with Crippen LogP contribution in [0.3, 0.4) is 0 Å². The molecular formula is C15H16ClNO4S. The standard InChI is InChI=1S/C15H16ClNO4S/c1-22-7-6-12(15(19)20)17-9-10(8-14(17)18)21-13-5-3-2-4-11(13)16/h2-5,8,12H,6-7,9H2,1H3,(H,19,20). The van der Waals surface area contributed by atoms with Gasteiger partial charge in [-0.05, 0) is 30.6 Å². The number of para-hydroxylation sites is 1. The molecule has 1 atom stereocenters. The van der Waals surface area contributed by atoms with Crippen LogP contribution in [-0.2, 0) is 9.59 Å². The molecule has 0 fully saturated rings. The molecule has 22 heavy (non-hydrogen) atoms. The van der Waals surface area contributed by atoms with Crippen LogP contribution in [0.25, 0.3) is 0 Å². The predicted octanol–water partition coefficient (Wildman–Crippen LogP) is 2.65. The normalized spacial score (nSPS) is 15.6. The van der Waals surface area contributed by atoms with Gasteiger partial charge < -0.3 is 14.7 Å². The number of halogens is 1. The lowest BCUT2D eigenvalue weighted by Gasteiger charge is -2.24. The summed E-state index contributed by atoms with van der Waals surface area (Å²) < 4.78 is 5.61. The Morgan fingerprint density at radius 1 is 1.50 bits per heavy atom. The molecule has 1 aliphatic rings. The van der Waals surface area contributed by atoms with Crippen molar-refractivity contribution in [1.29, 1.82) is 0 Å². The number of thioether (sulfide) groups is 1. The quantitative estimate of drug-likeness (QED) is 0.825. The first-order chi connectivity index (χ1) is 10.5. The number of hydrogen-bond acceptors (Lipinski definition) is 4. The maximum atomic E-state index is 12.0. The van der Waals surface area contributed by atoms with Gasteiger partial charge in [-0.3, -0.25) is 4.79 Å². The molecule has 1 aromatic rings. The summed E-state index contributed by atoms with van der Waals surface area (Å²) in [5.41, 5.74) is 0. The number of carboxylic acid groups (broad SMARTS) is 1. The zero-order valence-electron chi connectivity index (χ0n) is 12.0. The molecule has 0 spiro atoms. The Kier molecular flexibility index (Phi) is 5.74. The van der Waals surface area contributed by atoms with E-state index >= 15 is 0 Å². The van der Waals surface area contributed by atoms with Gasteiger partial charge in [-0.2, -0.15) is 11.8 Å². The Hall–Kier alpha value is -1.66. The second kappa shape index (κ2) is 7.56. The highest BCUT2D eigenvalue weighted by molar-refractivity contribution is 7.98. The second-order valence-electron chi connectivity index (χ2n) is 4.74. The van der Waals surface area contributed by atoms with E-state index in [1.165, 1.54) is 11.0 Å². The summed E-state index contributed by atoms with van der Waals surface area (Å²) >= 11 is 7.56. The van der Waals surface area contributed by atoms with Crippen molar-refractivity contribution in [2.75, 3.05) is 18.6 Å². The molecule has 7 heteroatoms. The van der Waals surface area contributed by atoms with Gasteiger partial charge in [0.25, 0.3) is 5.91 Å². The number of aliphatic carboxylic acids is 1. The van der Waals surface area contributed by atoms with E-state index in [1.54, 1.807) is 36.0 Å². The van der Waals surface area contributed by atoms with Crippen LogP contribution in [0.4, 0.5) is 0 Å². The number of carbonyl (C=O) groups excluding carboxylic acids is 1. The molecule has 1 N–H and O–H groups in total. The lowest BCUT2D eigenvalue weighted by atomic mass is 10.2. The number of rotatable bonds is 7. The van der Waals surface area contributed by atoms with Crippen LogP contribution in [0, 0.1) is 0 Å². The Morgan fingerprint density at radius 3 is 2.86 bits per heavy atom. The molecule has 2 rings (SSSR count). The number of nitrogens with zero attached hydrogens (tertiary/aromatic N) is 1. The fraction of sp³-hybridized carbons (Fsp3) is 0.333. The lowest BCUT2D eigenvalue weighted by molar-refractivity contribution is -0.147. The summed E-state index contributed by atoms with van der Waals surface area (Å²) in [6, 6.07) is 6.08. The summed E-state index contributed by atoms with van der Waals surface area (Å²) in [4.78, 5) is 24.7. The number of benzene rings is 1. The number of ether oxygens (including phenoxy) is 1. The lowest BCUT2D eigenvalue weighted by Crippen LogP contribution is -2.43. The van der Waals surface area contributed by atoms with Gasteiger partial charge in [0.15, 0.2) is 0 Å². The van der Waals surface area contributed by atoms with Crippen LogP contribution >= 0.6 is 23.4 Å². The first kappa shape index (κ1) is 16.7. The van der Waals surface area contributed by atoms with Crippen molar-refractivity contribution in [3.8, 4) is 5.75 Å². The molecule has 1 heterocycles. The Labute approximate surface area is 137 Å². The summed E-state index contributed by atoms with van der Waals surface area (Å²) in [6.45, 7) is 0.134. The van der Waals surface area contributed by atoms with Gasteiger partial charge >= 0.3 is 5.97 Å². The van der Waals surface area contributed by atoms with Crippen LogP contribution in [0.5, 0.6) is 5.75 Å². The van der Waals surface area contributed by atoms with E-state index in [4.69, 9.17) is 16.3 Å². The van der Waals surface area contributed by atoms with Crippen molar-refractivity contribution in [1.82, 2.24) is 4.90 Å². The summed E-state index contributed by atoms with van der Waals surface area (Å²) in [5, 5.41) is 9.75. The third-order valence-electron chi connectivity index (χ3n) is 3.23. The molecule has 0 saturated heterocycles. The highest BCUT2D eigenvalue weighted by Gasteiger charge is 2.33. The molecule has 1 aliphatic heterocycles. The predicted molar refractivity (Wildman–Crippen MR) is 86.3 cm³/mol. The molecule has 118 valence electrons. The third-order valence-corrected chi connectivity index (χ3v) is 4.18. The maximum absolute atomic E-state index is 12.0. The maximum Gasteiger partial charge on any atom is 0.326 e. The molecule has 0 saturated carbocycles. The smallest absolute Gasteiger partial charge is 0.326 e. The fourth-order valence-electron chi connectivity index (χ4n) is 2.15. The summed E-state index contributed by atoms with van der Waals surface area (Å²) in [7, 11) is 0. The van der Waals surface area contributed by atoms with Crippen molar-refractivity contribution in [3.05, 3.63) is 41.1 Å². The van der Waals surface area contributed by atoms with E-state index in [2.05, 4.69) is 0 Å². The molecule has 1 aromatic carbocycles. The van der Waals surface area contributed by atoms with Crippen LogP contribution in [-0.4, -0.2) is 46.5 Å². The monoisotopic (exact) mass is 341 g/mol. The van der Waals surface area contributed by atoms with E-state index in [1.807, 2.05) is 6.26 Å². The van der Waals surface area contributed by atoms with Crippen molar-refractivity contribution >= 4 is 35.2 Å². The first-order valence-corrected chi connectivity index (χ1v) is 8.45. The van der Waals surface area contributed by atoms with Gasteiger partial charge in [-0.15, -0.1) is 0 Å². The fourth-order valence-corrected chi connectivity index (χ4v) is 2.78. The number of amides is 1. The van der Waals surface area contributed by atoms with Crippen LogP contribution < -0.4 is 4.74 Å². The molecule has 5 nitrogen and oxygen atoms in total. The Bertz CT molecular complexity index is 605. The summed E-state index contributed by atoms with van der Waals surface area (Å²) in [5.74, 6) is 0.154. The highest BCUT2D eigenvalue weighted by Crippen LogP contribution is 2.27. The van der Waals surface area contributed by atoms with E-state index in [-0.39, 0.29) is 12.5 Å². The van der Waals surface area contributed by atoms with Crippen LogP contribution in [0.2, 0.25) is 5.02 Å². The van der Waals surface area contributed by atoms with Crippen molar-refractivity contribution in [3.63, 3.8) is 0 Å². The van der Waals surface area contributed by atoms with Gasteiger partial charge in [0.1, 0.15) is 17.6 Å². The molecule has 0 radical (unpaired) electrons. The number of carboxylic acids is 1. The molecule has 0 aliphatic carbocycles. The minimum Gasteiger partial charge on any atom is -0.480 e.